The van der Waals surface area contributed by atoms with E-state index in [0.717, 1.165) is 0 Å². The number of allylic oxidation sites excluding steroid dienone is 6. The topological polar surface area (TPSA) is 153 Å². The van der Waals surface area contributed by atoms with Gasteiger partial charge in [-0.1, -0.05) is 24.6 Å². The molecule has 2 amide bonds. The first-order valence-corrected chi connectivity index (χ1v) is 9.83. The summed E-state index contributed by atoms with van der Waals surface area (Å²) in [6, 6.07) is 0. The number of unbranched alkanes of at least 4 members (excludes halogenated alkanes) is 2. The van der Waals surface area contributed by atoms with Crippen LogP contribution in [0.5, 0.6) is 0 Å². The highest BCUT2D eigenvalue weighted by Gasteiger charge is 2.52. The van der Waals surface area contributed by atoms with E-state index in [9.17, 15) is 29.4 Å². The van der Waals surface area contributed by atoms with E-state index in [4.69, 9.17) is 5.21 Å². The standard InChI is InChI=1S/C21H24N2O7/c24-14-6-4-5-12-17(14)20(28)18-13(19(12)27)9-11(10-15(18)25)21(29)22-8-3-1-2-7-16(26)23-30/h4-6,9-10,12-13,17-18,24-25,30H,1-3,7-8H2,(H,22,29)(H,23,26). The Bertz CT molecular complexity index is 884. The lowest BCUT2D eigenvalue weighted by atomic mass is 9.62. The Balaban J connectivity index is 1.62. The predicted molar refractivity (Wildman–Crippen MR) is 104 cm³/mol. The monoisotopic (exact) mass is 416 g/mol. The van der Waals surface area contributed by atoms with Crippen molar-refractivity contribution in [1.82, 2.24) is 10.8 Å². The first-order chi connectivity index (χ1) is 14.3. The summed E-state index contributed by atoms with van der Waals surface area (Å²) in [7, 11) is 0. The molecule has 0 heterocycles. The predicted octanol–water partition coefficient (Wildman–Crippen LogP) is 1.18. The van der Waals surface area contributed by atoms with Gasteiger partial charge in [0, 0.05) is 18.5 Å². The SMILES string of the molecule is O=C(CCCCCNC(=O)C1=CC2C(=O)C3C=CC=C(O)C3C(=O)C2C(O)=C1)NO. The highest BCUT2D eigenvalue weighted by molar-refractivity contribution is 6.06. The Kier molecular flexibility index (Phi) is 6.51. The lowest BCUT2D eigenvalue weighted by Gasteiger charge is -2.38. The zero-order valence-corrected chi connectivity index (χ0v) is 16.2. The fraction of sp³-hybridized carbons (Fsp3) is 0.429. The molecule has 0 aromatic rings. The molecule has 4 atom stereocenters. The molecule has 9 nitrogen and oxygen atoms in total. The zero-order valence-electron chi connectivity index (χ0n) is 16.2. The molecule has 3 aliphatic carbocycles. The second-order valence-electron chi connectivity index (χ2n) is 7.58. The number of ketones is 2. The van der Waals surface area contributed by atoms with Crippen LogP contribution in [0.1, 0.15) is 25.7 Å². The summed E-state index contributed by atoms with van der Waals surface area (Å²) < 4.78 is 0. The van der Waals surface area contributed by atoms with Gasteiger partial charge in [-0.15, -0.1) is 0 Å². The molecule has 30 heavy (non-hydrogen) atoms. The van der Waals surface area contributed by atoms with E-state index in [-0.39, 0.29) is 29.3 Å². The number of rotatable bonds is 7. The van der Waals surface area contributed by atoms with E-state index < -0.39 is 41.3 Å². The maximum atomic E-state index is 12.9. The summed E-state index contributed by atoms with van der Waals surface area (Å²) in [5.74, 6) is -6.15. The summed E-state index contributed by atoms with van der Waals surface area (Å²) >= 11 is 0. The van der Waals surface area contributed by atoms with Crippen molar-refractivity contribution in [3.8, 4) is 0 Å². The Hall–Kier alpha value is -3.20. The van der Waals surface area contributed by atoms with Crippen molar-refractivity contribution in [3.63, 3.8) is 0 Å². The molecule has 0 saturated heterocycles. The summed E-state index contributed by atoms with van der Waals surface area (Å²) in [5, 5.41) is 31.5. The first kappa shape index (κ1) is 21.5. The van der Waals surface area contributed by atoms with Crippen LogP contribution in [0, 0.1) is 23.7 Å². The Morgan fingerprint density at radius 1 is 0.967 bits per heavy atom. The average Bonchev–Trinajstić information content (AvgIpc) is 2.73. The summed E-state index contributed by atoms with van der Waals surface area (Å²) in [4.78, 5) is 49.1. The normalized spacial score (nSPS) is 27.3. The molecule has 0 aromatic heterocycles. The molecule has 4 unspecified atom stereocenters. The third-order valence-electron chi connectivity index (χ3n) is 5.63. The van der Waals surface area contributed by atoms with Gasteiger partial charge >= 0.3 is 0 Å². The number of carbonyl (C=O) groups excluding carboxylic acids is 4. The van der Waals surface area contributed by atoms with E-state index in [0.29, 0.717) is 25.8 Å². The van der Waals surface area contributed by atoms with Gasteiger partial charge in [0.05, 0.1) is 23.7 Å². The Morgan fingerprint density at radius 3 is 2.43 bits per heavy atom. The number of aliphatic hydroxyl groups excluding tert-OH is 2. The van der Waals surface area contributed by atoms with E-state index in [1.807, 2.05) is 0 Å². The Morgan fingerprint density at radius 2 is 1.70 bits per heavy atom. The van der Waals surface area contributed by atoms with E-state index >= 15 is 0 Å². The number of hydroxylamine groups is 1. The average molecular weight is 416 g/mol. The molecule has 9 heteroatoms. The number of nitrogens with one attached hydrogen (secondary N) is 2. The van der Waals surface area contributed by atoms with Crippen LogP contribution in [0.15, 0.2) is 47.5 Å². The smallest absolute Gasteiger partial charge is 0.251 e. The number of fused-ring (bicyclic) bond motifs is 2. The van der Waals surface area contributed by atoms with Crippen LogP contribution in [-0.2, 0) is 19.2 Å². The van der Waals surface area contributed by atoms with E-state index in [1.54, 1.807) is 11.6 Å². The van der Waals surface area contributed by atoms with Gasteiger partial charge in [-0.05, 0) is 25.0 Å². The van der Waals surface area contributed by atoms with Gasteiger partial charge in [0.2, 0.25) is 5.91 Å². The second-order valence-corrected chi connectivity index (χ2v) is 7.58. The minimum atomic E-state index is -1.10. The van der Waals surface area contributed by atoms with Gasteiger partial charge in [-0.2, -0.15) is 0 Å². The molecule has 0 bridgehead atoms. The van der Waals surface area contributed by atoms with Crippen molar-refractivity contribution < 1.29 is 34.6 Å². The Labute approximate surface area is 172 Å². The molecule has 5 N–H and O–H groups in total. The van der Waals surface area contributed by atoms with Gasteiger partial charge in [0.25, 0.3) is 5.91 Å². The van der Waals surface area contributed by atoms with Crippen LogP contribution in [-0.4, -0.2) is 45.3 Å². The molecule has 3 rings (SSSR count). The van der Waals surface area contributed by atoms with Crippen molar-refractivity contribution in [3.05, 3.63) is 47.5 Å². The fourth-order valence-electron chi connectivity index (χ4n) is 4.10. The van der Waals surface area contributed by atoms with Gasteiger partial charge in [0.15, 0.2) is 5.78 Å². The number of aliphatic hydroxyl groups is 2. The number of carbonyl (C=O) groups is 4. The minimum Gasteiger partial charge on any atom is -0.512 e. The number of amides is 2. The van der Waals surface area contributed by atoms with Gasteiger partial charge in [-0.25, -0.2) is 5.48 Å². The molecule has 0 spiro atoms. The number of Topliss-reactive ketones (excluding diaryl/α,β-unsaturated/α-hetero) is 2. The van der Waals surface area contributed by atoms with Crippen LogP contribution in [0.25, 0.3) is 0 Å². The highest BCUT2D eigenvalue weighted by atomic mass is 16.5. The molecular weight excluding hydrogens is 392 g/mol. The third-order valence-corrected chi connectivity index (χ3v) is 5.63. The molecule has 1 fully saturated rings. The maximum absolute atomic E-state index is 12.9. The van der Waals surface area contributed by atoms with Crippen LogP contribution < -0.4 is 10.8 Å². The van der Waals surface area contributed by atoms with Crippen LogP contribution >= 0.6 is 0 Å². The van der Waals surface area contributed by atoms with Crippen molar-refractivity contribution in [2.45, 2.75) is 25.7 Å². The lowest BCUT2D eigenvalue weighted by Crippen LogP contribution is -2.49. The zero-order chi connectivity index (χ0) is 21.8. The van der Waals surface area contributed by atoms with Crippen LogP contribution in [0.4, 0.5) is 0 Å². The second kappa shape index (κ2) is 9.08. The van der Waals surface area contributed by atoms with Crippen molar-refractivity contribution in [2.24, 2.45) is 23.7 Å². The number of hydrogen-bond acceptors (Lipinski definition) is 7. The summed E-state index contributed by atoms with van der Waals surface area (Å²) in [5.41, 5.74) is 1.66. The summed E-state index contributed by atoms with van der Waals surface area (Å²) in [6.45, 7) is 0.332. The van der Waals surface area contributed by atoms with Crippen molar-refractivity contribution >= 4 is 23.4 Å². The van der Waals surface area contributed by atoms with Gasteiger partial charge in [0.1, 0.15) is 17.3 Å². The molecule has 0 radical (unpaired) electrons. The van der Waals surface area contributed by atoms with Gasteiger partial charge in [-0.3, -0.25) is 24.4 Å². The first-order valence-electron chi connectivity index (χ1n) is 9.83. The largest absolute Gasteiger partial charge is 0.512 e. The van der Waals surface area contributed by atoms with Crippen LogP contribution in [0.3, 0.4) is 0 Å². The molecule has 0 aliphatic heterocycles. The van der Waals surface area contributed by atoms with Gasteiger partial charge < -0.3 is 15.5 Å². The highest BCUT2D eigenvalue weighted by Crippen LogP contribution is 2.43. The third kappa shape index (κ3) is 4.20. The maximum Gasteiger partial charge on any atom is 0.251 e. The lowest BCUT2D eigenvalue weighted by molar-refractivity contribution is -0.143. The van der Waals surface area contributed by atoms with Crippen LogP contribution in [0.2, 0.25) is 0 Å². The minimum absolute atomic E-state index is 0.104. The van der Waals surface area contributed by atoms with Crippen molar-refractivity contribution in [1.29, 1.82) is 0 Å². The van der Waals surface area contributed by atoms with Crippen molar-refractivity contribution in [2.75, 3.05) is 6.54 Å². The quantitative estimate of drug-likeness (QED) is 0.237. The molecule has 1 saturated carbocycles. The van der Waals surface area contributed by atoms with E-state index in [1.165, 1.54) is 24.3 Å². The molecule has 160 valence electrons. The molecular formula is C21H24N2O7. The van der Waals surface area contributed by atoms with E-state index in [2.05, 4.69) is 5.32 Å². The number of hydrogen-bond donors (Lipinski definition) is 5. The summed E-state index contributed by atoms with van der Waals surface area (Å²) in [6.07, 6.45) is 9.05. The molecule has 0 aromatic carbocycles. The fourth-order valence-corrected chi connectivity index (χ4v) is 4.10. The molecule has 3 aliphatic rings.